The molecule has 2 aromatic carbocycles. The van der Waals surface area contributed by atoms with Gasteiger partial charge in [-0.3, -0.25) is 14.0 Å². The molecule has 9 heteroatoms. The SMILES string of the molecule is C[C@@H](C(=O)NCc1ccc(CN2CCCC2)cc1)N(c1cc(Cl)ccc1Cl)S(C)(=O)=O. The van der Waals surface area contributed by atoms with E-state index in [9.17, 15) is 13.2 Å². The molecule has 1 amide bonds. The number of halogens is 2. The van der Waals surface area contributed by atoms with Crippen molar-refractivity contribution in [1.29, 1.82) is 0 Å². The molecule has 1 aliphatic heterocycles. The van der Waals surface area contributed by atoms with E-state index in [1.54, 1.807) is 6.07 Å². The Kier molecular flexibility index (Phi) is 7.86. The van der Waals surface area contributed by atoms with Crippen LogP contribution in [-0.4, -0.2) is 44.6 Å². The van der Waals surface area contributed by atoms with Crippen LogP contribution in [0.25, 0.3) is 0 Å². The van der Waals surface area contributed by atoms with Gasteiger partial charge in [-0.1, -0.05) is 47.5 Å². The van der Waals surface area contributed by atoms with Gasteiger partial charge < -0.3 is 5.32 Å². The summed E-state index contributed by atoms with van der Waals surface area (Å²) in [6.45, 7) is 5.04. The molecular formula is C22H27Cl2N3O3S. The van der Waals surface area contributed by atoms with E-state index in [4.69, 9.17) is 23.2 Å². The maximum absolute atomic E-state index is 12.8. The first-order valence-electron chi connectivity index (χ1n) is 10.2. The largest absolute Gasteiger partial charge is 0.350 e. The number of nitrogens with one attached hydrogen (secondary N) is 1. The lowest BCUT2D eigenvalue weighted by Gasteiger charge is -2.29. The second-order valence-electron chi connectivity index (χ2n) is 7.85. The van der Waals surface area contributed by atoms with Gasteiger partial charge in [0.2, 0.25) is 15.9 Å². The quantitative estimate of drug-likeness (QED) is 0.614. The summed E-state index contributed by atoms with van der Waals surface area (Å²) in [5.74, 6) is -0.428. The zero-order chi connectivity index (χ0) is 22.6. The predicted molar refractivity (Wildman–Crippen MR) is 126 cm³/mol. The van der Waals surface area contributed by atoms with Gasteiger partial charge in [0.25, 0.3) is 0 Å². The number of nitrogens with zero attached hydrogens (tertiary/aromatic N) is 2. The Bertz CT molecular complexity index is 1020. The van der Waals surface area contributed by atoms with Crippen LogP contribution < -0.4 is 9.62 Å². The van der Waals surface area contributed by atoms with E-state index in [2.05, 4.69) is 22.3 Å². The van der Waals surface area contributed by atoms with Crippen LogP contribution in [0.3, 0.4) is 0 Å². The normalized spacial score (nSPS) is 15.6. The van der Waals surface area contributed by atoms with Crippen molar-refractivity contribution in [3.05, 3.63) is 63.6 Å². The maximum atomic E-state index is 12.8. The number of hydrogen-bond donors (Lipinski definition) is 1. The number of anilines is 1. The molecule has 0 bridgehead atoms. The molecule has 1 aliphatic rings. The highest BCUT2D eigenvalue weighted by molar-refractivity contribution is 7.92. The molecule has 0 aliphatic carbocycles. The molecule has 1 heterocycles. The van der Waals surface area contributed by atoms with E-state index in [1.807, 2.05) is 12.1 Å². The molecule has 1 N–H and O–H groups in total. The van der Waals surface area contributed by atoms with Crippen molar-refractivity contribution < 1.29 is 13.2 Å². The molecule has 0 saturated carbocycles. The van der Waals surface area contributed by atoms with Gasteiger partial charge in [-0.2, -0.15) is 0 Å². The molecule has 0 spiro atoms. The van der Waals surface area contributed by atoms with Crippen molar-refractivity contribution in [3.63, 3.8) is 0 Å². The number of hydrogen-bond acceptors (Lipinski definition) is 4. The second kappa shape index (κ2) is 10.2. The average Bonchev–Trinajstić information content (AvgIpc) is 3.22. The van der Waals surface area contributed by atoms with Gasteiger partial charge in [-0.05, 0) is 62.2 Å². The number of amides is 1. The standard InChI is InChI=1S/C22H27Cl2N3O3S/c1-16(27(31(2,29)30)21-13-19(23)9-10-20(21)24)22(28)25-14-17-5-7-18(8-6-17)15-26-11-3-4-12-26/h5-10,13,16H,3-4,11-12,14-15H2,1-2H3,(H,25,28)/t16-/m0/s1. The van der Waals surface area contributed by atoms with Crippen LogP contribution in [-0.2, 0) is 27.9 Å². The fourth-order valence-corrected chi connectivity index (χ4v) is 5.34. The summed E-state index contributed by atoms with van der Waals surface area (Å²) in [5.41, 5.74) is 2.35. The third-order valence-electron chi connectivity index (χ3n) is 5.33. The van der Waals surface area contributed by atoms with Crippen LogP contribution in [0.5, 0.6) is 0 Å². The van der Waals surface area contributed by atoms with Crippen LogP contribution in [0.15, 0.2) is 42.5 Å². The van der Waals surface area contributed by atoms with E-state index in [1.165, 1.54) is 37.5 Å². The lowest BCUT2D eigenvalue weighted by atomic mass is 10.1. The maximum Gasteiger partial charge on any atom is 0.243 e. The van der Waals surface area contributed by atoms with E-state index in [0.29, 0.717) is 11.6 Å². The third kappa shape index (κ3) is 6.35. The van der Waals surface area contributed by atoms with Crippen LogP contribution in [0.1, 0.15) is 30.9 Å². The summed E-state index contributed by atoms with van der Waals surface area (Å²) < 4.78 is 25.9. The van der Waals surface area contributed by atoms with Crippen molar-refractivity contribution in [1.82, 2.24) is 10.2 Å². The number of likely N-dealkylation sites (tertiary alicyclic amines) is 1. The van der Waals surface area contributed by atoms with E-state index >= 15 is 0 Å². The van der Waals surface area contributed by atoms with Crippen molar-refractivity contribution in [2.45, 2.75) is 38.9 Å². The van der Waals surface area contributed by atoms with Gasteiger partial charge in [0.05, 0.1) is 17.0 Å². The molecule has 2 aromatic rings. The van der Waals surface area contributed by atoms with Crippen molar-refractivity contribution in [2.24, 2.45) is 0 Å². The van der Waals surface area contributed by atoms with Crippen molar-refractivity contribution >= 4 is 44.8 Å². The molecule has 6 nitrogen and oxygen atoms in total. The highest BCUT2D eigenvalue weighted by atomic mass is 35.5. The summed E-state index contributed by atoms with van der Waals surface area (Å²) in [4.78, 5) is 15.2. The lowest BCUT2D eigenvalue weighted by molar-refractivity contribution is -0.122. The van der Waals surface area contributed by atoms with Gasteiger partial charge in [0.1, 0.15) is 6.04 Å². The van der Waals surface area contributed by atoms with E-state index in [0.717, 1.165) is 35.8 Å². The van der Waals surface area contributed by atoms with Crippen molar-refractivity contribution in [3.8, 4) is 0 Å². The molecule has 31 heavy (non-hydrogen) atoms. The Morgan fingerprint density at radius 2 is 1.71 bits per heavy atom. The minimum absolute atomic E-state index is 0.172. The third-order valence-corrected chi connectivity index (χ3v) is 7.11. The minimum Gasteiger partial charge on any atom is -0.350 e. The van der Waals surface area contributed by atoms with E-state index in [-0.39, 0.29) is 10.7 Å². The number of rotatable bonds is 8. The van der Waals surface area contributed by atoms with Crippen LogP contribution in [0.2, 0.25) is 10.0 Å². The monoisotopic (exact) mass is 483 g/mol. The van der Waals surface area contributed by atoms with Crippen LogP contribution in [0.4, 0.5) is 5.69 Å². The summed E-state index contributed by atoms with van der Waals surface area (Å²) in [7, 11) is -3.78. The zero-order valence-corrected chi connectivity index (χ0v) is 20.0. The Morgan fingerprint density at radius 3 is 2.32 bits per heavy atom. The molecule has 0 radical (unpaired) electrons. The first-order chi connectivity index (χ1) is 14.6. The second-order valence-corrected chi connectivity index (χ2v) is 10.6. The summed E-state index contributed by atoms with van der Waals surface area (Å²) >= 11 is 12.2. The molecular weight excluding hydrogens is 457 g/mol. The number of carbonyl (C=O) groups excluding carboxylic acids is 1. The van der Waals surface area contributed by atoms with Gasteiger partial charge >= 0.3 is 0 Å². The van der Waals surface area contributed by atoms with Gasteiger partial charge in [0.15, 0.2) is 0 Å². The fourth-order valence-electron chi connectivity index (χ4n) is 3.73. The lowest BCUT2D eigenvalue weighted by Crippen LogP contribution is -2.47. The van der Waals surface area contributed by atoms with Crippen LogP contribution >= 0.6 is 23.2 Å². The van der Waals surface area contributed by atoms with E-state index < -0.39 is 22.0 Å². The summed E-state index contributed by atoms with van der Waals surface area (Å²) in [6, 6.07) is 11.6. The molecule has 168 valence electrons. The van der Waals surface area contributed by atoms with Gasteiger partial charge in [0, 0.05) is 18.1 Å². The first-order valence-corrected chi connectivity index (χ1v) is 12.8. The Hall–Kier alpha value is -1.80. The number of carbonyl (C=O) groups is 1. The highest BCUT2D eigenvalue weighted by Crippen LogP contribution is 2.32. The molecule has 1 fully saturated rings. The first kappa shape index (κ1) is 23.9. The molecule has 0 aromatic heterocycles. The van der Waals surface area contributed by atoms with Gasteiger partial charge in [-0.15, -0.1) is 0 Å². The van der Waals surface area contributed by atoms with Crippen molar-refractivity contribution in [2.75, 3.05) is 23.7 Å². The zero-order valence-electron chi connectivity index (χ0n) is 17.6. The summed E-state index contributed by atoms with van der Waals surface area (Å²) in [5, 5.41) is 3.34. The summed E-state index contributed by atoms with van der Waals surface area (Å²) in [6.07, 6.45) is 3.55. The van der Waals surface area contributed by atoms with Crippen LogP contribution in [0, 0.1) is 0 Å². The fraction of sp³-hybridized carbons (Fsp3) is 0.409. The van der Waals surface area contributed by atoms with Gasteiger partial charge in [-0.25, -0.2) is 8.42 Å². The topological polar surface area (TPSA) is 69.7 Å². The molecule has 0 unspecified atom stereocenters. The molecule has 1 saturated heterocycles. The minimum atomic E-state index is -3.78. The predicted octanol–water partition coefficient (Wildman–Crippen LogP) is 4.06. The molecule has 1 atom stereocenters. The molecule has 3 rings (SSSR count). The average molecular weight is 484 g/mol. The smallest absolute Gasteiger partial charge is 0.243 e. The number of benzene rings is 2. The Morgan fingerprint density at radius 1 is 1.10 bits per heavy atom. The number of sulfonamides is 1. The Balaban J connectivity index is 1.66. The Labute approximate surface area is 194 Å². The highest BCUT2D eigenvalue weighted by Gasteiger charge is 2.30.